The van der Waals surface area contributed by atoms with Crippen molar-refractivity contribution in [1.29, 1.82) is 0 Å². The molecule has 0 saturated carbocycles. The molecular weight excluding hydrogens is 659 g/mol. The molecule has 0 amide bonds. The Bertz CT molecular complexity index is 665. The molecule has 0 nitrogen and oxygen atoms in total. The molecule has 1 aromatic heterocycles. The third kappa shape index (κ3) is 17.4. The van der Waals surface area contributed by atoms with Gasteiger partial charge >= 0.3 is 284 Å². The second-order valence-corrected chi connectivity index (χ2v) is 34.8. The molecule has 0 N–H and O–H groups in total. The maximum absolute atomic E-state index is 2.80. The van der Waals surface area contributed by atoms with Crippen molar-refractivity contribution in [1.82, 2.24) is 0 Å². The molecule has 0 radical (unpaired) electrons. The minimum absolute atomic E-state index is 1.37. The Morgan fingerprint density at radius 2 is 0.744 bits per heavy atom. The standard InChI is InChI=1S/C28H53SSi.3C4H9.Sn/c1-4-7-10-13-16-19-25-30(28-23-22-24-29-28,26-20-17-14-11-8-5-2)27-21-18-15-12-9-6-3;3*1-3-4-2;/h22-23H,4-21,25-27H2,1-3H3;3*1,3-4H2,2H3;. The number of hydrogen-bond acceptors (Lipinski definition) is 1. The first-order chi connectivity index (χ1) is 21.1. The van der Waals surface area contributed by atoms with E-state index in [0.29, 0.717) is 0 Å². The molecule has 0 spiro atoms. The Balaban J connectivity index is 3.33. The van der Waals surface area contributed by atoms with Crippen LogP contribution < -0.4 is 7.39 Å². The van der Waals surface area contributed by atoms with Gasteiger partial charge in [0.25, 0.3) is 0 Å². The number of thiophene rings is 1. The summed E-state index contributed by atoms with van der Waals surface area (Å²) in [6, 6.07) is 10.4. The van der Waals surface area contributed by atoms with Crippen molar-refractivity contribution in [2.75, 3.05) is 0 Å². The van der Waals surface area contributed by atoms with E-state index in [1.54, 1.807) is 31.4 Å². The maximum atomic E-state index is 2.80. The van der Waals surface area contributed by atoms with Crippen LogP contribution in [-0.2, 0) is 0 Å². The second kappa shape index (κ2) is 27.8. The molecule has 1 rings (SSSR count). The quantitative estimate of drug-likeness (QED) is 0.0510. The second-order valence-electron chi connectivity index (χ2n) is 14.6. The number of hydrogen-bond donors (Lipinski definition) is 0. The minimum atomic E-state index is -2.36. The molecule has 0 atom stereocenters. The van der Waals surface area contributed by atoms with Gasteiger partial charge in [-0.3, -0.25) is 0 Å². The van der Waals surface area contributed by atoms with Crippen molar-refractivity contribution < 1.29 is 0 Å². The van der Waals surface area contributed by atoms with Gasteiger partial charge < -0.3 is 0 Å². The van der Waals surface area contributed by atoms with Gasteiger partial charge in [-0.25, -0.2) is 0 Å². The fourth-order valence-corrected chi connectivity index (χ4v) is 35.3. The fraction of sp³-hybridized carbons (Fsp3) is 0.900. The molecule has 254 valence electrons. The average Bonchev–Trinajstić information content (AvgIpc) is 3.53. The van der Waals surface area contributed by atoms with Gasteiger partial charge in [0.15, 0.2) is 0 Å². The topological polar surface area (TPSA) is 0 Å². The fourth-order valence-electron chi connectivity index (χ4n) is 7.67. The molecule has 0 aromatic carbocycles. The zero-order chi connectivity index (χ0) is 31.5. The van der Waals surface area contributed by atoms with Crippen LogP contribution in [0.4, 0.5) is 0 Å². The van der Waals surface area contributed by atoms with Crippen LogP contribution in [-0.4, -0.2) is 26.5 Å². The van der Waals surface area contributed by atoms with Crippen LogP contribution in [0.2, 0.25) is 31.4 Å². The van der Waals surface area contributed by atoms with Crippen LogP contribution in [0.3, 0.4) is 0 Å². The van der Waals surface area contributed by atoms with Crippen LogP contribution in [0.5, 0.6) is 0 Å². The van der Waals surface area contributed by atoms with Gasteiger partial charge in [0.2, 0.25) is 0 Å². The van der Waals surface area contributed by atoms with Gasteiger partial charge in [-0.05, 0) is 0 Å². The molecule has 0 fully saturated rings. The number of unbranched alkanes of at least 4 members (excludes halogenated alkanes) is 18. The van der Waals surface area contributed by atoms with Crippen molar-refractivity contribution in [3.05, 3.63) is 12.1 Å². The van der Waals surface area contributed by atoms with Crippen molar-refractivity contribution in [2.24, 2.45) is 0 Å². The average molecular weight is 740 g/mol. The van der Waals surface area contributed by atoms with Gasteiger partial charge in [0, 0.05) is 0 Å². The molecule has 0 saturated heterocycles. The van der Waals surface area contributed by atoms with Gasteiger partial charge in [0.1, 0.15) is 0 Å². The molecule has 0 unspecified atom stereocenters. The first kappa shape index (κ1) is 41.7. The van der Waals surface area contributed by atoms with Gasteiger partial charge in [-0.1, -0.05) is 0 Å². The van der Waals surface area contributed by atoms with E-state index in [1.807, 2.05) is 7.39 Å². The Labute approximate surface area is 282 Å². The van der Waals surface area contributed by atoms with Crippen LogP contribution in [0.25, 0.3) is 0 Å². The summed E-state index contributed by atoms with van der Waals surface area (Å²) < 4.78 is 8.90. The number of rotatable bonds is 32. The summed E-state index contributed by atoms with van der Waals surface area (Å²) in [5.74, 6) is 0. The van der Waals surface area contributed by atoms with E-state index in [0.717, 1.165) is 0 Å². The summed E-state index contributed by atoms with van der Waals surface area (Å²) in [4.78, 5) is 0. The van der Waals surface area contributed by atoms with Crippen molar-refractivity contribution in [3.8, 4) is 0 Å². The first-order valence-electron chi connectivity index (χ1n) is 20.2. The summed E-state index contributed by atoms with van der Waals surface area (Å²) in [6.45, 7) is 14.4. The Morgan fingerprint density at radius 1 is 0.419 bits per heavy atom. The molecule has 0 aliphatic heterocycles. The summed E-state index contributed by atoms with van der Waals surface area (Å²) in [5.41, 5.74) is 0. The monoisotopic (exact) mass is 740 g/mol. The normalized spacial score (nSPS) is 12.4. The van der Waals surface area contributed by atoms with E-state index in [4.69, 9.17) is 0 Å². The van der Waals surface area contributed by atoms with Gasteiger partial charge in [0.05, 0.1) is 0 Å². The summed E-state index contributed by atoms with van der Waals surface area (Å²) >= 11 is 0.105. The van der Waals surface area contributed by atoms with Gasteiger partial charge in [-0.15, -0.1) is 0 Å². The first-order valence-corrected chi connectivity index (χ1v) is 31.1. The van der Waals surface area contributed by atoms with E-state index >= 15 is 0 Å². The molecular formula is C40H80SSiSn. The summed E-state index contributed by atoms with van der Waals surface area (Å²) in [5, 5.41) is 0. The zero-order valence-electron chi connectivity index (χ0n) is 30.8. The van der Waals surface area contributed by atoms with E-state index in [1.165, 1.54) is 154 Å². The van der Waals surface area contributed by atoms with E-state index < -0.39 is 26.5 Å². The predicted octanol–water partition coefficient (Wildman–Crippen LogP) is 14.5. The van der Waals surface area contributed by atoms with Gasteiger partial charge in [-0.2, -0.15) is 0 Å². The molecule has 0 aliphatic rings. The SMILES string of the molecule is CCCCCCCC[Si](CCCCCCCC)(CCCCCCCC)c1cc[c]([Sn]([CH2]CCC)([CH2]CCC)[CH2]CCC)s1. The summed E-state index contributed by atoms with van der Waals surface area (Å²) in [7, 11) is -1.48. The van der Waals surface area contributed by atoms with E-state index in [9.17, 15) is 0 Å². The predicted molar refractivity (Wildman–Crippen MR) is 209 cm³/mol. The molecule has 0 aliphatic carbocycles. The van der Waals surface area contributed by atoms with E-state index in [2.05, 4.69) is 65.0 Å². The third-order valence-electron chi connectivity index (χ3n) is 10.7. The Hall–Kier alpha value is 0.716. The Morgan fingerprint density at radius 3 is 1.09 bits per heavy atom. The van der Waals surface area contributed by atoms with Crippen molar-refractivity contribution in [3.63, 3.8) is 0 Å². The zero-order valence-corrected chi connectivity index (χ0v) is 35.4. The van der Waals surface area contributed by atoms with Crippen molar-refractivity contribution in [2.45, 2.75) is 227 Å². The van der Waals surface area contributed by atoms with E-state index in [-0.39, 0.29) is 0 Å². The van der Waals surface area contributed by atoms with Crippen LogP contribution >= 0.6 is 11.3 Å². The van der Waals surface area contributed by atoms with Crippen LogP contribution in [0, 0.1) is 0 Å². The van der Waals surface area contributed by atoms with Crippen LogP contribution in [0.15, 0.2) is 12.1 Å². The Kier molecular flexibility index (Phi) is 27.0. The molecule has 1 heterocycles. The molecule has 43 heavy (non-hydrogen) atoms. The van der Waals surface area contributed by atoms with Crippen LogP contribution in [0.1, 0.15) is 196 Å². The molecule has 0 bridgehead atoms. The van der Waals surface area contributed by atoms with Crippen molar-refractivity contribution >= 4 is 45.2 Å². The molecule has 3 heteroatoms. The summed E-state index contributed by atoms with van der Waals surface area (Å²) in [6.07, 6.45) is 34.9. The molecule has 1 aromatic rings. The third-order valence-corrected chi connectivity index (χ3v) is 36.6.